The number of carbonyl (C=O) groups is 2. The zero-order valence-electron chi connectivity index (χ0n) is 15.2. The van der Waals surface area contributed by atoms with Crippen LogP contribution in [0.3, 0.4) is 0 Å². The molecule has 1 aliphatic heterocycles. The van der Waals surface area contributed by atoms with Gasteiger partial charge >= 0.3 is 5.97 Å². The van der Waals surface area contributed by atoms with Crippen LogP contribution < -0.4 is 4.74 Å². The summed E-state index contributed by atoms with van der Waals surface area (Å²) in [6.07, 6.45) is 1.58. The first kappa shape index (κ1) is 19.7. The van der Waals surface area contributed by atoms with E-state index in [1.807, 2.05) is 23.6 Å². The smallest absolute Gasteiger partial charge is 0.310 e. The summed E-state index contributed by atoms with van der Waals surface area (Å²) >= 11 is 7.26. The third-order valence-corrected chi connectivity index (χ3v) is 5.63. The average Bonchev–Trinajstić information content (AvgIpc) is 3.16. The minimum absolute atomic E-state index is 0.0354. The van der Waals surface area contributed by atoms with Crippen molar-refractivity contribution in [1.29, 1.82) is 0 Å². The lowest BCUT2D eigenvalue weighted by molar-refractivity contribution is -0.149. The second-order valence-electron chi connectivity index (χ2n) is 6.40. The topological polar surface area (TPSA) is 55.8 Å². The van der Waals surface area contributed by atoms with Gasteiger partial charge in [-0.2, -0.15) is 0 Å². The van der Waals surface area contributed by atoms with Gasteiger partial charge in [-0.05, 0) is 55.5 Å². The third-order valence-electron chi connectivity index (χ3n) is 4.41. The molecule has 1 aromatic heterocycles. The quantitative estimate of drug-likeness (QED) is 0.666. The molecule has 1 atom stereocenters. The van der Waals surface area contributed by atoms with Crippen LogP contribution in [0.2, 0.25) is 5.02 Å². The summed E-state index contributed by atoms with van der Waals surface area (Å²) < 4.78 is 10.8. The minimum Gasteiger partial charge on any atom is -0.489 e. The number of esters is 1. The van der Waals surface area contributed by atoms with E-state index in [4.69, 9.17) is 21.1 Å². The van der Waals surface area contributed by atoms with Crippen molar-refractivity contribution in [3.63, 3.8) is 0 Å². The number of rotatable bonds is 6. The van der Waals surface area contributed by atoms with Crippen molar-refractivity contribution >= 4 is 34.8 Å². The predicted octanol–water partition coefficient (Wildman–Crippen LogP) is 4.40. The number of benzene rings is 1. The maximum Gasteiger partial charge on any atom is 0.310 e. The van der Waals surface area contributed by atoms with Crippen LogP contribution in [0.5, 0.6) is 5.75 Å². The Hall–Kier alpha value is -2.05. The maximum atomic E-state index is 12.8. The van der Waals surface area contributed by atoms with Gasteiger partial charge in [-0.3, -0.25) is 9.59 Å². The van der Waals surface area contributed by atoms with Gasteiger partial charge in [0, 0.05) is 23.7 Å². The molecule has 144 valence electrons. The molecule has 2 heterocycles. The normalized spacial score (nSPS) is 16.8. The van der Waals surface area contributed by atoms with Gasteiger partial charge in [0.05, 0.1) is 17.4 Å². The van der Waals surface area contributed by atoms with Crippen LogP contribution in [0.25, 0.3) is 0 Å². The van der Waals surface area contributed by atoms with E-state index in [9.17, 15) is 9.59 Å². The van der Waals surface area contributed by atoms with Crippen molar-refractivity contribution in [2.75, 3.05) is 19.7 Å². The van der Waals surface area contributed by atoms with Crippen LogP contribution in [0.1, 0.15) is 35.0 Å². The molecule has 1 saturated heterocycles. The standard InChI is InChI=1S/C20H22ClNO4S/c1-2-25-20(24)15-4-3-9-22(11-15)19(23)18-10-14(13-27-18)12-26-17-7-5-16(21)6-8-17/h5-8,10,13,15H,2-4,9,11-12H2,1H3. The number of ether oxygens (including phenoxy) is 2. The van der Waals surface area contributed by atoms with Crippen molar-refractivity contribution in [2.45, 2.75) is 26.4 Å². The Morgan fingerprint density at radius 2 is 2.07 bits per heavy atom. The second kappa shape index (κ2) is 9.24. The van der Waals surface area contributed by atoms with E-state index in [0.717, 1.165) is 24.2 Å². The number of thiophene rings is 1. The summed E-state index contributed by atoms with van der Waals surface area (Å²) in [7, 11) is 0. The Bertz CT molecular complexity index is 790. The Labute approximate surface area is 167 Å². The lowest BCUT2D eigenvalue weighted by atomic mass is 9.98. The number of piperidine rings is 1. The Morgan fingerprint density at radius 3 is 2.81 bits per heavy atom. The van der Waals surface area contributed by atoms with Gasteiger partial charge in [0.1, 0.15) is 12.4 Å². The molecule has 27 heavy (non-hydrogen) atoms. The van der Waals surface area contributed by atoms with Gasteiger partial charge in [-0.25, -0.2) is 0 Å². The highest BCUT2D eigenvalue weighted by atomic mass is 35.5. The average molecular weight is 408 g/mol. The van der Waals surface area contributed by atoms with Crippen molar-refractivity contribution in [2.24, 2.45) is 5.92 Å². The fourth-order valence-electron chi connectivity index (χ4n) is 3.03. The molecule has 1 amide bonds. The number of amides is 1. The highest BCUT2D eigenvalue weighted by Crippen LogP contribution is 2.24. The zero-order valence-corrected chi connectivity index (χ0v) is 16.7. The molecule has 0 radical (unpaired) electrons. The van der Waals surface area contributed by atoms with Crippen LogP contribution in [-0.4, -0.2) is 36.5 Å². The van der Waals surface area contributed by atoms with Gasteiger partial charge in [0.2, 0.25) is 0 Å². The molecule has 1 aliphatic rings. The van der Waals surface area contributed by atoms with E-state index in [2.05, 4.69) is 0 Å². The summed E-state index contributed by atoms with van der Waals surface area (Å²) in [6, 6.07) is 9.02. The van der Waals surface area contributed by atoms with Crippen LogP contribution in [0, 0.1) is 5.92 Å². The van der Waals surface area contributed by atoms with Crippen LogP contribution in [0.15, 0.2) is 35.7 Å². The van der Waals surface area contributed by atoms with Crippen LogP contribution in [0.4, 0.5) is 0 Å². The molecule has 2 aromatic rings. The summed E-state index contributed by atoms with van der Waals surface area (Å²) in [6.45, 7) is 3.64. The first-order valence-corrected chi connectivity index (χ1v) is 10.2. The number of hydrogen-bond acceptors (Lipinski definition) is 5. The molecule has 0 aliphatic carbocycles. The predicted molar refractivity (Wildman–Crippen MR) is 105 cm³/mol. The fraction of sp³-hybridized carbons (Fsp3) is 0.400. The minimum atomic E-state index is -0.227. The molecule has 0 spiro atoms. The molecule has 5 nitrogen and oxygen atoms in total. The third kappa shape index (κ3) is 5.23. The van der Waals surface area contributed by atoms with Crippen LogP contribution >= 0.6 is 22.9 Å². The number of carbonyl (C=O) groups excluding carboxylic acids is 2. The fourth-order valence-corrected chi connectivity index (χ4v) is 4.02. The van der Waals surface area contributed by atoms with Crippen LogP contribution in [-0.2, 0) is 16.1 Å². The molecule has 0 bridgehead atoms. The summed E-state index contributed by atoms with van der Waals surface area (Å²) in [4.78, 5) is 27.2. The first-order chi connectivity index (χ1) is 13.1. The highest BCUT2D eigenvalue weighted by molar-refractivity contribution is 7.12. The van der Waals surface area contributed by atoms with E-state index in [-0.39, 0.29) is 17.8 Å². The van der Waals surface area contributed by atoms with E-state index in [1.165, 1.54) is 11.3 Å². The summed E-state index contributed by atoms with van der Waals surface area (Å²) in [5.41, 5.74) is 0.942. The first-order valence-electron chi connectivity index (χ1n) is 8.98. The Morgan fingerprint density at radius 1 is 1.30 bits per heavy atom. The molecule has 0 saturated carbocycles. The number of likely N-dealkylation sites (tertiary alicyclic amines) is 1. The van der Waals surface area contributed by atoms with Gasteiger partial charge < -0.3 is 14.4 Å². The van der Waals surface area contributed by atoms with Gasteiger partial charge in [0.15, 0.2) is 0 Å². The summed E-state index contributed by atoms with van der Waals surface area (Å²) in [5, 5.41) is 2.59. The molecule has 1 fully saturated rings. The molecule has 1 unspecified atom stereocenters. The lowest BCUT2D eigenvalue weighted by Gasteiger charge is -2.31. The highest BCUT2D eigenvalue weighted by Gasteiger charge is 2.30. The Kier molecular flexibility index (Phi) is 6.74. The monoisotopic (exact) mass is 407 g/mol. The van der Waals surface area contributed by atoms with E-state index in [1.54, 1.807) is 24.0 Å². The van der Waals surface area contributed by atoms with Gasteiger partial charge in [-0.1, -0.05) is 11.6 Å². The zero-order chi connectivity index (χ0) is 19.2. The largest absolute Gasteiger partial charge is 0.489 e. The van der Waals surface area contributed by atoms with Crippen molar-refractivity contribution in [3.05, 3.63) is 51.2 Å². The van der Waals surface area contributed by atoms with Gasteiger partial charge in [0.25, 0.3) is 5.91 Å². The van der Waals surface area contributed by atoms with Crippen molar-refractivity contribution in [1.82, 2.24) is 4.90 Å². The molecule has 7 heteroatoms. The molecular formula is C20H22ClNO4S. The van der Waals surface area contributed by atoms with Crippen molar-refractivity contribution in [3.8, 4) is 5.75 Å². The number of halogens is 1. The van der Waals surface area contributed by atoms with E-state index in [0.29, 0.717) is 36.2 Å². The van der Waals surface area contributed by atoms with Gasteiger partial charge in [-0.15, -0.1) is 11.3 Å². The molecule has 3 rings (SSSR count). The SMILES string of the molecule is CCOC(=O)C1CCCN(C(=O)c2cc(COc3ccc(Cl)cc3)cs2)C1. The van der Waals surface area contributed by atoms with E-state index < -0.39 is 0 Å². The number of nitrogens with zero attached hydrogens (tertiary/aromatic N) is 1. The van der Waals surface area contributed by atoms with Crippen molar-refractivity contribution < 1.29 is 19.1 Å². The number of hydrogen-bond donors (Lipinski definition) is 0. The molecule has 1 aromatic carbocycles. The second-order valence-corrected chi connectivity index (χ2v) is 7.75. The molecular weight excluding hydrogens is 386 g/mol. The van der Waals surface area contributed by atoms with E-state index >= 15 is 0 Å². The molecule has 0 N–H and O–H groups in total. The maximum absolute atomic E-state index is 12.8. The summed E-state index contributed by atoms with van der Waals surface area (Å²) in [5.74, 6) is 0.257. The Balaban J connectivity index is 1.57. The lowest BCUT2D eigenvalue weighted by Crippen LogP contribution is -2.42.